The minimum Gasteiger partial charge on any atom is -0.486 e. The molecule has 1 unspecified atom stereocenters. The second-order valence-electron chi connectivity index (χ2n) is 8.12. The number of nitrogens with one attached hydrogen (secondary N) is 2. The summed E-state index contributed by atoms with van der Waals surface area (Å²) >= 11 is 0. The molecule has 0 spiro atoms. The van der Waals surface area contributed by atoms with Crippen LogP contribution in [0.2, 0.25) is 0 Å². The van der Waals surface area contributed by atoms with E-state index in [-0.39, 0.29) is 49.0 Å². The lowest BCUT2D eigenvalue weighted by atomic mass is 10.2. The van der Waals surface area contributed by atoms with E-state index in [1.165, 1.54) is 4.90 Å². The molecule has 11 nitrogen and oxygen atoms in total. The molecule has 0 radical (unpaired) electrons. The maximum Gasteiger partial charge on any atom is 0.240 e. The van der Waals surface area contributed by atoms with Gasteiger partial charge in [-0.15, -0.1) is 0 Å². The first-order valence-corrected chi connectivity index (χ1v) is 11.3. The highest BCUT2D eigenvalue weighted by atomic mass is 16.6. The molecule has 0 aliphatic carbocycles. The van der Waals surface area contributed by atoms with E-state index in [0.717, 1.165) is 12.8 Å². The number of nitrogens with zero attached hydrogens (tertiary/aromatic N) is 2. The van der Waals surface area contributed by atoms with Crippen molar-refractivity contribution in [3.8, 4) is 11.5 Å². The molecule has 4 rings (SSSR count). The van der Waals surface area contributed by atoms with Crippen molar-refractivity contribution in [1.29, 1.82) is 0 Å². The molecule has 2 N–H and O–H groups in total. The minimum atomic E-state index is -0.383. The molecule has 2 aliphatic heterocycles. The van der Waals surface area contributed by atoms with Gasteiger partial charge in [-0.1, -0.05) is 5.16 Å². The van der Waals surface area contributed by atoms with E-state index in [4.69, 9.17) is 18.7 Å². The average molecular weight is 472 g/mol. The Bertz CT molecular complexity index is 1030. The van der Waals surface area contributed by atoms with Gasteiger partial charge in [-0.3, -0.25) is 14.4 Å². The fraction of sp³-hybridized carbons (Fsp3) is 0.478. The SMILES string of the molecule is Cc1cc(NC(=O)CCC(=O)N(CC(=O)NCC2CCCO2)c2ccc3c(c2)OCCO3)no1. The number of ether oxygens (including phenoxy) is 3. The molecule has 1 aromatic heterocycles. The highest BCUT2D eigenvalue weighted by molar-refractivity contribution is 6.01. The fourth-order valence-electron chi connectivity index (χ4n) is 3.74. The van der Waals surface area contributed by atoms with Crippen LogP contribution in [0, 0.1) is 6.92 Å². The third-order valence-corrected chi connectivity index (χ3v) is 5.45. The predicted molar refractivity (Wildman–Crippen MR) is 121 cm³/mol. The van der Waals surface area contributed by atoms with Gasteiger partial charge in [0.25, 0.3) is 0 Å². The Morgan fingerprint density at radius 1 is 1.06 bits per heavy atom. The molecule has 1 fully saturated rings. The van der Waals surface area contributed by atoms with Crippen molar-refractivity contribution in [3.05, 3.63) is 30.0 Å². The predicted octanol–water partition coefficient (Wildman–Crippen LogP) is 1.80. The second kappa shape index (κ2) is 11.0. The Hall–Kier alpha value is -3.60. The maximum absolute atomic E-state index is 13.1. The van der Waals surface area contributed by atoms with Gasteiger partial charge in [0.2, 0.25) is 17.7 Å². The summed E-state index contributed by atoms with van der Waals surface area (Å²) in [6.07, 6.45) is 1.68. The molecule has 3 heterocycles. The van der Waals surface area contributed by atoms with E-state index < -0.39 is 0 Å². The van der Waals surface area contributed by atoms with E-state index in [1.54, 1.807) is 31.2 Å². The molecular weight excluding hydrogens is 444 g/mol. The first-order valence-electron chi connectivity index (χ1n) is 11.3. The molecule has 11 heteroatoms. The van der Waals surface area contributed by atoms with Gasteiger partial charge in [-0.05, 0) is 31.9 Å². The molecule has 34 heavy (non-hydrogen) atoms. The molecule has 0 saturated carbocycles. The molecule has 2 aliphatic rings. The first kappa shape index (κ1) is 23.6. The fourth-order valence-corrected chi connectivity index (χ4v) is 3.74. The lowest BCUT2D eigenvalue weighted by Crippen LogP contribution is -2.43. The number of aryl methyl sites for hydroxylation is 1. The first-order chi connectivity index (χ1) is 16.5. The zero-order valence-electron chi connectivity index (χ0n) is 19.0. The molecule has 1 atom stereocenters. The monoisotopic (exact) mass is 472 g/mol. The lowest BCUT2D eigenvalue weighted by molar-refractivity contribution is -0.125. The van der Waals surface area contributed by atoms with Crippen molar-refractivity contribution in [3.63, 3.8) is 0 Å². The number of rotatable bonds is 9. The van der Waals surface area contributed by atoms with E-state index in [2.05, 4.69) is 15.8 Å². The van der Waals surface area contributed by atoms with Crippen LogP contribution in [0.3, 0.4) is 0 Å². The number of amides is 3. The van der Waals surface area contributed by atoms with Crippen molar-refractivity contribution >= 4 is 29.2 Å². The van der Waals surface area contributed by atoms with Gasteiger partial charge in [0.05, 0.1) is 6.10 Å². The van der Waals surface area contributed by atoms with Crippen LogP contribution in [0.25, 0.3) is 0 Å². The quantitative estimate of drug-likeness (QED) is 0.565. The number of benzene rings is 1. The van der Waals surface area contributed by atoms with E-state index >= 15 is 0 Å². The molecule has 182 valence electrons. The van der Waals surface area contributed by atoms with Crippen molar-refractivity contribution < 1.29 is 33.1 Å². The smallest absolute Gasteiger partial charge is 0.240 e. The molecule has 0 bridgehead atoms. The van der Waals surface area contributed by atoms with E-state index in [1.807, 2.05) is 0 Å². The van der Waals surface area contributed by atoms with Gasteiger partial charge in [0, 0.05) is 43.8 Å². The van der Waals surface area contributed by atoms with Gasteiger partial charge in [0.1, 0.15) is 25.5 Å². The Kier molecular flexibility index (Phi) is 7.63. The van der Waals surface area contributed by atoms with Crippen molar-refractivity contribution in [2.45, 2.75) is 38.7 Å². The van der Waals surface area contributed by atoms with Crippen LogP contribution in [0.1, 0.15) is 31.4 Å². The molecule has 1 aromatic carbocycles. The van der Waals surface area contributed by atoms with Gasteiger partial charge >= 0.3 is 0 Å². The standard InChI is InChI=1S/C23H28N4O7/c1-15-11-20(26-34-15)25-21(28)6-7-23(30)27(14-22(29)24-13-17-3-2-8-31-17)16-4-5-18-19(12-16)33-10-9-32-18/h4-5,11-12,17H,2-3,6-10,13-14H2,1H3,(H,24,29)(H,25,26,28). The molecule has 2 aromatic rings. The zero-order valence-corrected chi connectivity index (χ0v) is 19.0. The Labute approximate surface area is 196 Å². The van der Waals surface area contributed by atoms with Crippen molar-refractivity contribution in [1.82, 2.24) is 10.5 Å². The third-order valence-electron chi connectivity index (χ3n) is 5.45. The summed E-state index contributed by atoms with van der Waals surface area (Å²) < 4.78 is 21.6. The van der Waals surface area contributed by atoms with E-state index in [0.29, 0.717) is 49.3 Å². The van der Waals surface area contributed by atoms with Gasteiger partial charge in [-0.2, -0.15) is 0 Å². The van der Waals surface area contributed by atoms with Crippen molar-refractivity contribution in [2.75, 3.05) is 43.1 Å². The van der Waals surface area contributed by atoms with Gasteiger partial charge in [-0.25, -0.2) is 0 Å². The Morgan fingerprint density at radius 2 is 1.88 bits per heavy atom. The number of anilines is 2. The summed E-state index contributed by atoms with van der Waals surface area (Å²) in [7, 11) is 0. The third kappa shape index (κ3) is 6.25. The summed E-state index contributed by atoms with van der Waals surface area (Å²) in [5, 5.41) is 9.12. The molecule has 3 amide bonds. The lowest BCUT2D eigenvalue weighted by Gasteiger charge is -2.25. The van der Waals surface area contributed by atoms with Crippen molar-refractivity contribution in [2.24, 2.45) is 0 Å². The molecule has 1 saturated heterocycles. The average Bonchev–Trinajstić information content (AvgIpc) is 3.51. The van der Waals surface area contributed by atoms with E-state index in [9.17, 15) is 14.4 Å². The van der Waals surface area contributed by atoms with Crippen LogP contribution in [0.15, 0.2) is 28.8 Å². The normalized spacial score (nSPS) is 16.7. The second-order valence-corrected chi connectivity index (χ2v) is 8.12. The Morgan fingerprint density at radius 3 is 2.62 bits per heavy atom. The van der Waals surface area contributed by atoms with Crippen LogP contribution in [-0.4, -0.2) is 61.9 Å². The van der Waals surface area contributed by atoms with Crippen LogP contribution in [0.5, 0.6) is 11.5 Å². The summed E-state index contributed by atoms with van der Waals surface area (Å²) in [5.41, 5.74) is 0.481. The highest BCUT2D eigenvalue weighted by Crippen LogP contribution is 2.34. The van der Waals surface area contributed by atoms with Crippen LogP contribution in [-0.2, 0) is 19.1 Å². The van der Waals surface area contributed by atoms with Crippen LogP contribution in [0.4, 0.5) is 11.5 Å². The van der Waals surface area contributed by atoms with Crippen LogP contribution >= 0.6 is 0 Å². The number of hydrogen-bond donors (Lipinski definition) is 2. The summed E-state index contributed by atoms with van der Waals surface area (Å²) in [4.78, 5) is 39.3. The number of carbonyl (C=O) groups excluding carboxylic acids is 3. The van der Waals surface area contributed by atoms with Crippen LogP contribution < -0.4 is 25.0 Å². The number of hydrogen-bond acceptors (Lipinski definition) is 8. The summed E-state index contributed by atoms with van der Waals surface area (Å²) in [6.45, 7) is 3.44. The highest BCUT2D eigenvalue weighted by Gasteiger charge is 2.24. The van der Waals surface area contributed by atoms with Gasteiger partial charge < -0.3 is 34.3 Å². The topological polar surface area (TPSA) is 132 Å². The summed E-state index contributed by atoms with van der Waals surface area (Å²) in [5.74, 6) is 0.841. The number of carbonyl (C=O) groups is 3. The number of aromatic nitrogens is 1. The van der Waals surface area contributed by atoms with Gasteiger partial charge in [0.15, 0.2) is 17.3 Å². The zero-order chi connectivity index (χ0) is 23.9. The number of fused-ring (bicyclic) bond motifs is 1. The maximum atomic E-state index is 13.1. The minimum absolute atomic E-state index is 0.00809. The molecular formula is C23H28N4O7. The Balaban J connectivity index is 1.40. The summed E-state index contributed by atoms with van der Waals surface area (Å²) in [6, 6.07) is 6.64. The largest absolute Gasteiger partial charge is 0.486 e.